The first-order valence-corrected chi connectivity index (χ1v) is 11.8. The molecule has 0 radical (unpaired) electrons. The molecular weight excluding hydrogens is 424 g/mol. The average Bonchev–Trinajstić information content (AvgIpc) is 2.84. The maximum atomic E-state index is 11.7. The Labute approximate surface area is 205 Å². The van der Waals surface area contributed by atoms with Gasteiger partial charge < -0.3 is 15.0 Å². The monoisotopic (exact) mass is 464 g/mol. The topological polar surface area (TPSA) is 78.3 Å². The van der Waals surface area contributed by atoms with Crippen LogP contribution in [-0.2, 0) is 22.5 Å². The van der Waals surface area contributed by atoms with E-state index in [2.05, 4.69) is 22.9 Å². The standard InChI is InChI=1S/C26H34N4O2.C2H6/c1-7-10-22(24(9-3)32-6)20-15-21-17-30(13-12-23(21)28-16-20)26(27)18(4)14-19(5)29-25(31)11-8-2;1-2/h7-11,14-16,19,27H,1,12-13,17H2,2-6H3,(H,29,31);1-2H3/b11-8-,18-14-,22-10-,24-9+,27-26?;. The number of carbonyl (C=O) groups excluding carboxylic acids is 1. The number of amidine groups is 1. The van der Waals surface area contributed by atoms with Gasteiger partial charge in [-0.2, -0.15) is 0 Å². The molecule has 1 aliphatic rings. The molecule has 184 valence electrons. The van der Waals surface area contributed by atoms with Crippen LogP contribution in [0.1, 0.15) is 58.4 Å². The summed E-state index contributed by atoms with van der Waals surface area (Å²) < 4.78 is 5.51. The molecule has 0 saturated heterocycles. The Morgan fingerprint density at radius 3 is 2.65 bits per heavy atom. The van der Waals surface area contributed by atoms with Crippen LogP contribution in [0.15, 0.2) is 66.6 Å². The molecule has 0 saturated carbocycles. The highest BCUT2D eigenvalue weighted by Gasteiger charge is 2.22. The highest BCUT2D eigenvalue weighted by molar-refractivity contribution is 5.95. The van der Waals surface area contributed by atoms with Crippen LogP contribution in [0.2, 0.25) is 0 Å². The SMILES string of the molecule is C=C/C=C(\C(=C/C)OC)c1cnc2c(c1)CN(C(=N)/C(C)=C\C(C)NC(=O)/C=C\C)CC2.CC. The second-order valence-electron chi connectivity index (χ2n) is 7.67. The summed E-state index contributed by atoms with van der Waals surface area (Å²) >= 11 is 0. The van der Waals surface area contributed by atoms with Crippen molar-refractivity contribution >= 4 is 17.3 Å². The Morgan fingerprint density at radius 1 is 1.35 bits per heavy atom. The first-order valence-electron chi connectivity index (χ1n) is 11.8. The molecule has 0 fully saturated rings. The van der Waals surface area contributed by atoms with E-state index in [0.717, 1.165) is 46.7 Å². The van der Waals surface area contributed by atoms with Gasteiger partial charge in [-0.3, -0.25) is 15.2 Å². The van der Waals surface area contributed by atoms with Gasteiger partial charge in [0.2, 0.25) is 5.91 Å². The average molecular weight is 465 g/mol. The zero-order chi connectivity index (χ0) is 25.7. The Kier molecular flexibility index (Phi) is 12.4. The molecule has 2 rings (SSSR count). The second-order valence-corrected chi connectivity index (χ2v) is 7.67. The van der Waals surface area contributed by atoms with Crippen molar-refractivity contribution in [2.45, 2.75) is 60.5 Å². The number of nitrogens with one attached hydrogen (secondary N) is 2. The third kappa shape index (κ3) is 7.87. The van der Waals surface area contributed by atoms with E-state index in [-0.39, 0.29) is 11.9 Å². The molecule has 1 aromatic heterocycles. The van der Waals surface area contributed by atoms with Crippen LogP contribution in [0.5, 0.6) is 0 Å². The van der Waals surface area contributed by atoms with Crippen molar-refractivity contribution < 1.29 is 9.53 Å². The summed E-state index contributed by atoms with van der Waals surface area (Å²) in [6, 6.07) is 1.96. The fourth-order valence-corrected chi connectivity index (χ4v) is 3.76. The van der Waals surface area contributed by atoms with Gasteiger partial charge in [-0.25, -0.2) is 0 Å². The normalized spacial score (nSPS) is 15.1. The van der Waals surface area contributed by atoms with Crippen molar-refractivity contribution in [3.63, 3.8) is 0 Å². The van der Waals surface area contributed by atoms with Gasteiger partial charge in [-0.15, -0.1) is 0 Å². The smallest absolute Gasteiger partial charge is 0.244 e. The van der Waals surface area contributed by atoms with Crippen LogP contribution in [0.4, 0.5) is 0 Å². The number of fused-ring (bicyclic) bond motifs is 1. The Hall–Kier alpha value is -3.41. The van der Waals surface area contributed by atoms with E-state index in [1.807, 2.05) is 63.9 Å². The fraction of sp³-hybridized carbons (Fsp3) is 0.393. The molecular formula is C28H40N4O2. The molecule has 1 atom stereocenters. The van der Waals surface area contributed by atoms with Crippen molar-refractivity contribution in [3.8, 4) is 0 Å². The molecule has 0 aromatic carbocycles. The van der Waals surface area contributed by atoms with E-state index in [0.29, 0.717) is 12.4 Å². The van der Waals surface area contributed by atoms with Crippen LogP contribution in [0.3, 0.4) is 0 Å². The van der Waals surface area contributed by atoms with Crippen LogP contribution < -0.4 is 5.32 Å². The molecule has 1 unspecified atom stereocenters. The van der Waals surface area contributed by atoms with Crippen molar-refractivity contribution in [2.24, 2.45) is 0 Å². The van der Waals surface area contributed by atoms with E-state index >= 15 is 0 Å². The molecule has 34 heavy (non-hydrogen) atoms. The molecule has 1 aliphatic heterocycles. The van der Waals surface area contributed by atoms with Gasteiger partial charge in [0.05, 0.1) is 7.11 Å². The Balaban J connectivity index is 0.00000281. The number of rotatable bonds is 8. The Morgan fingerprint density at radius 2 is 2.06 bits per heavy atom. The lowest BCUT2D eigenvalue weighted by Gasteiger charge is -2.31. The van der Waals surface area contributed by atoms with Gasteiger partial charge in [0.15, 0.2) is 0 Å². The molecule has 0 spiro atoms. The number of carbonyl (C=O) groups is 1. The predicted molar refractivity (Wildman–Crippen MR) is 143 cm³/mol. The summed E-state index contributed by atoms with van der Waals surface area (Å²) in [5.74, 6) is 1.09. The second kappa shape index (κ2) is 14.7. The van der Waals surface area contributed by atoms with Crippen LogP contribution in [0, 0.1) is 5.41 Å². The van der Waals surface area contributed by atoms with Crippen molar-refractivity contribution in [2.75, 3.05) is 13.7 Å². The molecule has 2 heterocycles. The van der Waals surface area contributed by atoms with Crippen molar-refractivity contribution in [1.82, 2.24) is 15.2 Å². The van der Waals surface area contributed by atoms with E-state index in [4.69, 9.17) is 10.1 Å². The quantitative estimate of drug-likeness (QED) is 0.173. The number of methoxy groups -OCH3 is 1. The number of ether oxygens (including phenoxy) is 1. The van der Waals surface area contributed by atoms with E-state index < -0.39 is 0 Å². The molecule has 1 amide bonds. The maximum Gasteiger partial charge on any atom is 0.244 e. The zero-order valence-electron chi connectivity index (χ0n) is 21.7. The third-order valence-corrected chi connectivity index (χ3v) is 5.26. The Bertz CT molecular complexity index is 986. The minimum absolute atomic E-state index is 0.138. The lowest BCUT2D eigenvalue weighted by molar-refractivity contribution is -0.116. The van der Waals surface area contributed by atoms with E-state index in [9.17, 15) is 4.79 Å². The predicted octanol–water partition coefficient (Wildman–Crippen LogP) is 5.59. The summed E-state index contributed by atoms with van der Waals surface area (Å²) in [4.78, 5) is 18.5. The summed E-state index contributed by atoms with van der Waals surface area (Å²) in [5.41, 5.74) is 4.87. The van der Waals surface area contributed by atoms with Crippen molar-refractivity contribution in [1.29, 1.82) is 5.41 Å². The number of hydrogen-bond acceptors (Lipinski definition) is 4. The van der Waals surface area contributed by atoms with Gasteiger partial charge in [-0.1, -0.05) is 44.7 Å². The molecule has 0 aliphatic carbocycles. The van der Waals surface area contributed by atoms with Gasteiger partial charge >= 0.3 is 0 Å². The third-order valence-electron chi connectivity index (χ3n) is 5.26. The largest absolute Gasteiger partial charge is 0.496 e. The summed E-state index contributed by atoms with van der Waals surface area (Å²) in [7, 11) is 1.65. The van der Waals surface area contributed by atoms with Gasteiger partial charge in [0.25, 0.3) is 0 Å². The lowest BCUT2D eigenvalue weighted by atomic mass is 9.98. The van der Waals surface area contributed by atoms with E-state index in [1.54, 1.807) is 26.2 Å². The van der Waals surface area contributed by atoms with Crippen molar-refractivity contribution in [3.05, 3.63) is 83.5 Å². The zero-order valence-corrected chi connectivity index (χ0v) is 21.7. The lowest BCUT2D eigenvalue weighted by Crippen LogP contribution is -2.37. The first kappa shape index (κ1) is 28.6. The summed E-state index contributed by atoms with van der Waals surface area (Å²) in [6.07, 6.45) is 13.3. The number of nitrogens with zero attached hydrogens (tertiary/aromatic N) is 2. The highest BCUT2D eigenvalue weighted by Crippen LogP contribution is 2.27. The number of amides is 1. The van der Waals surface area contributed by atoms with Gasteiger partial charge in [-0.05, 0) is 57.0 Å². The molecule has 6 heteroatoms. The van der Waals surface area contributed by atoms with Crippen LogP contribution in [-0.4, -0.2) is 41.3 Å². The first-order chi connectivity index (χ1) is 16.3. The van der Waals surface area contributed by atoms with Gasteiger partial charge in [0, 0.05) is 48.6 Å². The number of allylic oxidation sites excluding steroid dienone is 5. The van der Waals surface area contributed by atoms with Gasteiger partial charge in [0.1, 0.15) is 11.6 Å². The highest BCUT2D eigenvalue weighted by atomic mass is 16.5. The molecule has 0 bridgehead atoms. The fourth-order valence-electron chi connectivity index (χ4n) is 3.76. The number of pyridine rings is 1. The van der Waals surface area contributed by atoms with Crippen LogP contribution >= 0.6 is 0 Å². The van der Waals surface area contributed by atoms with Crippen LogP contribution in [0.25, 0.3) is 5.57 Å². The minimum atomic E-state index is -0.163. The maximum absolute atomic E-state index is 11.7. The van der Waals surface area contributed by atoms with E-state index in [1.165, 1.54) is 6.08 Å². The minimum Gasteiger partial charge on any atom is -0.496 e. The molecule has 2 N–H and O–H groups in total. The summed E-state index contributed by atoms with van der Waals surface area (Å²) in [5, 5.41) is 11.6. The number of hydrogen-bond donors (Lipinski definition) is 2. The molecule has 6 nitrogen and oxygen atoms in total. The molecule has 1 aromatic rings. The number of aromatic nitrogens is 1. The summed E-state index contributed by atoms with van der Waals surface area (Å²) in [6.45, 7) is 16.7.